The first-order chi connectivity index (χ1) is 13.3. The Bertz CT molecular complexity index is 654. The maximum atomic E-state index is 12.7. The number of nitrogens with zero attached hydrogens (tertiary/aromatic N) is 2. The van der Waals surface area contributed by atoms with Gasteiger partial charge in [0.25, 0.3) is 0 Å². The summed E-state index contributed by atoms with van der Waals surface area (Å²) >= 11 is 0. The second-order valence-corrected chi connectivity index (χ2v) is 8.55. The van der Waals surface area contributed by atoms with Gasteiger partial charge in [0.05, 0.1) is 24.7 Å². The zero-order valence-electron chi connectivity index (χ0n) is 15.6. The fourth-order valence-corrected chi connectivity index (χ4v) is 5.35. The summed E-state index contributed by atoms with van der Waals surface area (Å²) in [4.78, 5) is 0. The normalized spacial score (nSPS) is 38.0. The highest BCUT2D eigenvalue weighted by Crippen LogP contribution is 2.44. The van der Waals surface area contributed by atoms with Gasteiger partial charge < -0.3 is 19.4 Å². The molecule has 6 nitrogen and oxygen atoms in total. The minimum atomic E-state index is -4.75. The molecule has 2 heterocycles. The molecule has 0 spiro atoms. The molecule has 1 saturated heterocycles. The third kappa shape index (κ3) is 3.93. The molecular formula is C19H27F3N2O4. The van der Waals surface area contributed by atoms with Gasteiger partial charge in [-0.05, 0) is 43.4 Å². The van der Waals surface area contributed by atoms with Crippen molar-refractivity contribution in [2.45, 2.75) is 81.8 Å². The van der Waals surface area contributed by atoms with Gasteiger partial charge in [0.1, 0.15) is 6.10 Å². The van der Waals surface area contributed by atoms with Crippen LogP contribution in [0, 0.1) is 17.8 Å². The van der Waals surface area contributed by atoms with Crippen LogP contribution in [0.4, 0.5) is 13.2 Å². The van der Waals surface area contributed by atoms with Crippen LogP contribution in [0.3, 0.4) is 0 Å². The third-order valence-electron chi connectivity index (χ3n) is 6.91. The summed E-state index contributed by atoms with van der Waals surface area (Å²) < 4.78 is 48.4. The Morgan fingerprint density at radius 1 is 0.821 bits per heavy atom. The average molecular weight is 404 g/mol. The Hall–Kier alpha value is -1.19. The molecule has 3 aliphatic rings. The molecule has 28 heavy (non-hydrogen) atoms. The fourth-order valence-electron chi connectivity index (χ4n) is 5.35. The van der Waals surface area contributed by atoms with E-state index in [0.29, 0.717) is 0 Å². The van der Waals surface area contributed by atoms with Crippen LogP contribution in [0.5, 0.6) is 0 Å². The van der Waals surface area contributed by atoms with Crippen molar-refractivity contribution in [1.29, 1.82) is 0 Å². The van der Waals surface area contributed by atoms with Gasteiger partial charge in [-0.25, -0.2) is 0 Å². The lowest BCUT2D eigenvalue weighted by atomic mass is 9.72. The van der Waals surface area contributed by atoms with Crippen molar-refractivity contribution >= 4 is 0 Å². The van der Waals surface area contributed by atoms with Crippen molar-refractivity contribution in [2.24, 2.45) is 17.8 Å². The Morgan fingerprint density at radius 2 is 1.43 bits per heavy atom. The molecule has 2 saturated carbocycles. The highest BCUT2D eigenvalue weighted by atomic mass is 19.4. The van der Waals surface area contributed by atoms with E-state index in [1.807, 2.05) is 0 Å². The summed E-state index contributed by atoms with van der Waals surface area (Å²) in [6, 6.07) is 0. The standard InChI is InChI=1S/C19H27F3N2O4/c20-19(21,22)18-24-23-17(28-18)13-9-27-16(15(26)14(13)25)12-7-5-11(6-8-12)10-3-1-2-4-10/h10-16,25-26H,1-9H2/t11?,12?,13-,14+,15+,16+/m0/s1. The van der Waals surface area contributed by atoms with Crippen molar-refractivity contribution in [3.8, 4) is 0 Å². The lowest BCUT2D eigenvalue weighted by Gasteiger charge is -2.43. The van der Waals surface area contributed by atoms with Crippen LogP contribution in [-0.4, -0.2) is 45.3 Å². The van der Waals surface area contributed by atoms with Gasteiger partial charge >= 0.3 is 12.1 Å². The fraction of sp³-hybridized carbons (Fsp3) is 0.895. The smallest absolute Gasteiger partial charge is 0.417 e. The molecule has 4 atom stereocenters. The molecule has 0 amide bonds. The molecule has 1 aliphatic heterocycles. The van der Waals surface area contributed by atoms with Crippen LogP contribution in [0.15, 0.2) is 4.42 Å². The van der Waals surface area contributed by atoms with Gasteiger partial charge in [0.2, 0.25) is 5.89 Å². The number of alkyl halides is 3. The monoisotopic (exact) mass is 404 g/mol. The van der Waals surface area contributed by atoms with Crippen LogP contribution in [0.25, 0.3) is 0 Å². The van der Waals surface area contributed by atoms with Crippen LogP contribution in [-0.2, 0) is 10.9 Å². The van der Waals surface area contributed by atoms with Crippen molar-refractivity contribution in [3.05, 3.63) is 11.8 Å². The van der Waals surface area contributed by atoms with Crippen LogP contribution >= 0.6 is 0 Å². The highest BCUT2D eigenvalue weighted by molar-refractivity contribution is 5.04. The van der Waals surface area contributed by atoms with E-state index in [2.05, 4.69) is 14.6 Å². The van der Waals surface area contributed by atoms with E-state index in [-0.39, 0.29) is 18.4 Å². The summed E-state index contributed by atoms with van der Waals surface area (Å²) in [7, 11) is 0. The topological polar surface area (TPSA) is 88.6 Å². The van der Waals surface area contributed by atoms with Gasteiger partial charge in [-0.15, -0.1) is 10.2 Å². The van der Waals surface area contributed by atoms with Crippen LogP contribution in [0.1, 0.15) is 69.1 Å². The van der Waals surface area contributed by atoms with Crippen molar-refractivity contribution in [3.63, 3.8) is 0 Å². The maximum absolute atomic E-state index is 12.7. The molecule has 0 bridgehead atoms. The summed E-state index contributed by atoms with van der Waals surface area (Å²) in [5, 5.41) is 27.5. The quantitative estimate of drug-likeness (QED) is 0.804. The van der Waals surface area contributed by atoms with Gasteiger partial charge in [-0.1, -0.05) is 25.7 Å². The first-order valence-corrected chi connectivity index (χ1v) is 10.2. The molecule has 0 radical (unpaired) electrons. The lowest BCUT2D eigenvalue weighted by molar-refractivity contribution is -0.175. The van der Waals surface area contributed by atoms with E-state index < -0.39 is 36.3 Å². The van der Waals surface area contributed by atoms with E-state index in [9.17, 15) is 23.4 Å². The number of ether oxygens (including phenoxy) is 1. The second kappa shape index (κ2) is 7.91. The largest absolute Gasteiger partial charge is 0.470 e. The van der Waals surface area contributed by atoms with E-state index in [0.717, 1.165) is 37.5 Å². The first-order valence-electron chi connectivity index (χ1n) is 10.2. The summed E-state index contributed by atoms with van der Waals surface area (Å²) in [6.07, 6.45) is 1.66. The van der Waals surface area contributed by atoms with E-state index >= 15 is 0 Å². The maximum Gasteiger partial charge on any atom is 0.470 e. The van der Waals surface area contributed by atoms with Crippen LogP contribution < -0.4 is 0 Å². The number of aliphatic hydroxyl groups excluding tert-OH is 2. The number of hydrogen-bond donors (Lipinski definition) is 2. The predicted molar refractivity (Wildman–Crippen MR) is 91.2 cm³/mol. The molecule has 158 valence electrons. The molecule has 4 rings (SSSR count). The summed E-state index contributed by atoms with van der Waals surface area (Å²) in [6.45, 7) is -0.0507. The first kappa shape index (κ1) is 20.1. The third-order valence-corrected chi connectivity index (χ3v) is 6.91. The number of aromatic nitrogens is 2. The molecule has 9 heteroatoms. The van der Waals surface area contributed by atoms with Crippen molar-refractivity contribution in [2.75, 3.05) is 6.61 Å². The molecule has 2 N–H and O–H groups in total. The average Bonchev–Trinajstić information content (AvgIpc) is 3.36. The Labute approximate surface area is 161 Å². The molecule has 1 aromatic rings. The molecule has 0 aromatic carbocycles. The summed E-state index contributed by atoms with van der Waals surface area (Å²) in [5.41, 5.74) is 0. The number of aliphatic hydroxyl groups is 2. The van der Waals surface area contributed by atoms with Crippen LogP contribution in [0.2, 0.25) is 0 Å². The van der Waals surface area contributed by atoms with Gasteiger partial charge in [-0.2, -0.15) is 13.2 Å². The Balaban J connectivity index is 1.36. The molecular weight excluding hydrogens is 377 g/mol. The van der Waals surface area contributed by atoms with Gasteiger partial charge in [0, 0.05) is 0 Å². The van der Waals surface area contributed by atoms with E-state index in [1.165, 1.54) is 25.7 Å². The lowest BCUT2D eigenvalue weighted by Crippen LogP contribution is -2.52. The van der Waals surface area contributed by atoms with Gasteiger partial charge in [-0.3, -0.25) is 0 Å². The minimum absolute atomic E-state index is 0.0507. The molecule has 2 aliphatic carbocycles. The zero-order chi connectivity index (χ0) is 19.9. The molecule has 3 fully saturated rings. The number of rotatable bonds is 3. The summed E-state index contributed by atoms with van der Waals surface area (Å²) in [5.74, 6) is -1.06. The Kier molecular flexibility index (Phi) is 5.68. The second-order valence-electron chi connectivity index (χ2n) is 8.55. The number of halogens is 3. The highest BCUT2D eigenvalue weighted by Gasteiger charge is 2.47. The predicted octanol–water partition coefficient (Wildman–Crippen LogP) is 3.29. The minimum Gasteiger partial charge on any atom is -0.417 e. The SMILES string of the molecule is O[C@@H]1[C@H](O)[C@@H](c2nnc(C(F)(F)F)o2)CO[C@@H]1C1CCC(C2CCCC2)CC1. The zero-order valence-corrected chi connectivity index (χ0v) is 15.6. The Morgan fingerprint density at radius 3 is 2.04 bits per heavy atom. The van der Waals surface area contributed by atoms with Crippen molar-refractivity contribution < 1.29 is 32.5 Å². The molecule has 0 unspecified atom stereocenters. The van der Waals surface area contributed by atoms with E-state index in [1.54, 1.807) is 0 Å². The molecule has 1 aromatic heterocycles. The van der Waals surface area contributed by atoms with E-state index in [4.69, 9.17) is 4.74 Å². The van der Waals surface area contributed by atoms with Gasteiger partial charge in [0.15, 0.2) is 0 Å². The number of hydrogen-bond acceptors (Lipinski definition) is 6. The van der Waals surface area contributed by atoms with Crippen molar-refractivity contribution in [1.82, 2.24) is 10.2 Å².